The van der Waals surface area contributed by atoms with Gasteiger partial charge in [0.05, 0.1) is 17.7 Å². The highest BCUT2D eigenvalue weighted by Crippen LogP contribution is 2.36. The maximum absolute atomic E-state index is 13.2. The van der Waals surface area contributed by atoms with Gasteiger partial charge in [-0.05, 0) is 59.5 Å². The predicted octanol–water partition coefficient (Wildman–Crippen LogP) is 5.04. The second-order valence-electron chi connectivity index (χ2n) is 7.29. The van der Waals surface area contributed by atoms with E-state index in [9.17, 15) is 8.60 Å². The molecule has 9 heteroatoms. The summed E-state index contributed by atoms with van der Waals surface area (Å²) in [5.74, 6) is 0.574. The molecule has 1 unspecified atom stereocenters. The topological polar surface area (TPSA) is 89.9 Å². The first-order valence-electron chi connectivity index (χ1n) is 10.3. The zero-order valence-electron chi connectivity index (χ0n) is 18.0. The Labute approximate surface area is 197 Å². The molecule has 34 heavy (non-hydrogen) atoms. The first-order valence-corrected chi connectivity index (χ1v) is 11.4. The molecule has 2 aromatic carbocycles. The predicted molar refractivity (Wildman–Crippen MR) is 129 cm³/mol. The van der Waals surface area contributed by atoms with Crippen LogP contribution in [-0.4, -0.2) is 31.3 Å². The van der Waals surface area contributed by atoms with E-state index < -0.39 is 16.9 Å². The molecule has 0 fully saturated rings. The number of hydrogen-bond donors (Lipinski definition) is 1. The van der Waals surface area contributed by atoms with Crippen molar-refractivity contribution in [2.75, 3.05) is 11.8 Å². The second kappa shape index (κ2) is 9.32. The molecule has 0 amide bonds. The maximum Gasteiger partial charge on any atom is 0.212 e. The standard InChI is InChI=1S/C25H18FN5O2S/c1-33-22-13-16(18-3-7-23(26)29-14-18)2-5-21(22)25-20-6-4-19(12-17(20)8-11-28-25)34(32)31-24-9-10-27-15-30-24/h2-15H,1H3,(H,27,30,31). The van der Waals surface area contributed by atoms with Crippen LogP contribution in [0.4, 0.5) is 10.2 Å². The lowest BCUT2D eigenvalue weighted by Gasteiger charge is -2.13. The zero-order valence-corrected chi connectivity index (χ0v) is 18.8. The van der Waals surface area contributed by atoms with Crippen molar-refractivity contribution in [3.05, 3.63) is 91.5 Å². The monoisotopic (exact) mass is 471 g/mol. The van der Waals surface area contributed by atoms with Crippen molar-refractivity contribution < 1.29 is 13.3 Å². The molecule has 0 spiro atoms. The zero-order chi connectivity index (χ0) is 23.5. The van der Waals surface area contributed by atoms with Gasteiger partial charge in [-0.25, -0.2) is 19.2 Å². The number of methoxy groups -OCH3 is 1. The Balaban J connectivity index is 1.51. The molecule has 7 nitrogen and oxygen atoms in total. The molecule has 3 aromatic heterocycles. The van der Waals surface area contributed by atoms with Gasteiger partial charge in [0.1, 0.15) is 17.9 Å². The van der Waals surface area contributed by atoms with E-state index in [1.807, 2.05) is 36.4 Å². The highest BCUT2D eigenvalue weighted by atomic mass is 32.2. The number of nitrogens with zero attached hydrogens (tertiary/aromatic N) is 4. The number of pyridine rings is 2. The molecule has 168 valence electrons. The summed E-state index contributed by atoms with van der Waals surface area (Å²) in [6, 6.07) is 17.8. The normalized spacial score (nSPS) is 11.8. The molecule has 1 N–H and O–H groups in total. The average Bonchev–Trinajstić information content (AvgIpc) is 2.88. The van der Waals surface area contributed by atoms with E-state index in [2.05, 4.69) is 24.7 Å². The van der Waals surface area contributed by atoms with Gasteiger partial charge in [-0.1, -0.05) is 12.1 Å². The van der Waals surface area contributed by atoms with Gasteiger partial charge in [0.25, 0.3) is 0 Å². The van der Waals surface area contributed by atoms with Gasteiger partial charge in [0.2, 0.25) is 5.95 Å². The molecule has 0 bridgehead atoms. The fraction of sp³-hybridized carbons (Fsp3) is 0.0400. The largest absolute Gasteiger partial charge is 0.496 e. The SMILES string of the molecule is COc1cc(-c2ccc(F)nc2)ccc1-c1nccc2cc(S(=O)Nc3ccncn3)ccc12. The summed E-state index contributed by atoms with van der Waals surface area (Å²) < 4.78 is 34.5. The summed E-state index contributed by atoms with van der Waals surface area (Å²) in [5, 5.41) is 1.77. The van der Waals surface area contributed by atoms with Gasteiger partial charge < -0.3 is 4.74 Å². The van der Waals surface area contributed by atoms with Crippen molar-refractivity contribution in [2.45, 2.75) is 4.90 Å². The first kappa shape index (κ1) is 21.6. The minimum atomic E-state index is -1.49. The van der Waals surface area contributed by atoms with Crippen LogP contribution < -0.4 is 9.46 Å². The molecule has 0 aliphatic rings. The van der Waals surface area contributed by atoms with Gasteiger partial charge in [-0.2, -0.15) is 4.39 Å². The Hall–Kier alpha value is -4.24. The fourth-order valence-electron chi connectivity index (χ4n) is 3.60. The second-order valence-corrected chi connectivity index (χ2v) is 8.51. The Bertz CT molecular complexity index is 1500. The average molecular weight is 472 g/mol. The Morgan fingerprint density at radius 1 is 0.912 bits per heavy atom. The van der Waals surface area contributed by atoms with Gasteiger partial charge >= 0.3 is 0 Å². The number of aromatic nitrogens is 4. The fourth-order valence-corrected chi connectivity index (χ4v) is 4.46. The van der Waals surface area contributed by atoms with Crippen molar-refractivity contribution in [2.24, 2.45) is 0 Å². The maximum atomic E-state index is 13.2. The lowest BCUT2D eigenvalue weighted by molar-refractivity contribution is 0.416. The van der Waals surface area contributed by atoms with Crippen LogP contribution in [0.25, 0.3) is 33.2 Å². The number of anilines is 1. The van der Waals surface area contributed by atoms with Crippen LogP contribution in [0.1, 0.15) is 0 Å². The summed E-state index contributed by atoms with van der Waals surface area (Å²) in [6.45, 7) is 0. The van der Waals surface area contributed by atoms with Crippen molar-refractivity contribution in [3.63, 3.8) is 0 Å². The van der Waals surface area contributed by atoms with E-state index in [0.717, 1.165) is 33.2 Å². The summed E-state index contributed by atoms with van der Waals surface area (Å²) in [6.07, 6.45) is 6.16. The Morgan fingerprint density at radius 2 is 1.79 bits per heavy atom. The van der Waals surface area contributed by atoms with Crippen LogP contribution >= 0.6 is 0 Å². The molecule has 5 rings (SSSR count). The lowest BCUT2D eigenvalue weighted by atomic mass is 9.99. The van der Waals surface area contributed by atoms with E-state index in [0.29, 0.717) is 16.5 Å². The van der Waals surface area contributed by atoms with E-state index in [4.69, 9.17) is 4.74 Å². The number of nitrogens with one attached hydrogen (secondary N) is 1. The molecular formula is C25H18FN5O2S. The minimum Gasteiger partial charge on any atom is -0.496 e. The number of rotatable bonds is 6. The molecule has 0 saturated heterocycles. The van der Waals surface area contributed by atoms with E-state index in [-0.39, 0.29) is 0 Å². The minimum absolute atomic E-state index is 0.477. The number of hydrogen-bond acceptors (Lipinski definition) is 6. The third-order valence-electron chi connectivity index (χ3n) is 5.25. The van der Waals surface area contributed by atoms with Crippen molar-refractivity contribution in [3.8, 4) is 28.1 Å². The van der Waals surface area contributed by atoms with Crippen LogP contribution in [0.5, 0.6) is 5.75 Å². The number of ether oxygens (including phenoxy) is 1. The highest BCUT2D eigenvalue weighted by molar-refractivity contribution is 7.86. The van der Waals surface area contributed by atoms with Gasteiger partial charge in [0.15, 0.2) is 11.0 Å². The van der Waals surface area contributed by atoms with Gasteiger partial charge in [0, 0.05) is 35.1 Å². The number of halogens is 1. The van der Waals surface area contributed by atoms with Crippen molar-refractivity contribution >= 4 is 27.6 Å². The van der Waals surface area contributed by atoms with Crippen LogP contribution in [0.2, 0.25) is 0 Å². The first-order chi connectivity index (χ1) is 16.6. The van der Waals surface area contributed by atoms with Crippen LogP contribution in [0.3, 0.4) is 0 Å². The van der Waals surface area contributed by atoms with E-state index in [1.54, 1.807) is 37.7 Å². The lowest BCUT2D eigenvalue weighted by Crippen LogP contribution is -2.06. The highest BCUT2D eigenvalue weighted by Gasteiger charge is 2.14. The molecule has 0 aliphatic heterocycles. The van der Waals surface area contributed by atoms with Crippen LogP contribution in [-0.2, 0) is 11.0 Å². The van der Waals surface area contributed by atoms with Gasteiger partial charge in [-0.15, -0.1) is 0 Å². The summed E-state index contributed by atoms with van der Waals surface area (Å²) >= 11 is 0. The van der Waals surface area contributed by atoms with E-state index >= 15 is 0 Å². The Morgan fingerprint density at radius 3 is 2.56 bits per heavy atom. The summed E-state index contributed by atoms with van der Waals surface area (Å²) in [5.41, 5.74) is 3.17. The third kappa shape index (κ3) is 4.33. The smallest absolute Gasteiger partial charge is 0.212 e. The summed E-state index contributed by atoms with van der Waals surface area (Å²) in [7, 11) is 0.102. The Kier molecular flexibility index (Phi) is 5.92. The molecule has 1 atom stereocenters. The van der Waals surface area contributed by atoms with E-state index in [1.165, 1.54) is 18.6 Å². The third-order valence-corrected chi connectivity index (χ3v) is 6.32. The number of fused-ring (bicyclic) bond motifs is 1. The molecule has 0 aliphatic carbocycles. The van der Waals surface area contributed by atoms with Crippen molar-refractivity contribution in [1.29, 1.82) is 0 Å². The number of benzene rings is 2. The molecular weight excluding hydrogens is 453 g/mol. The molecule has 0 radical (unpaired) electrons. The quantitative estimate of drug-likeness (QED) is 0.349. The molecule has 0 saturated carbocycles. The molecule has 5 aromatic rings. The van der Waals surface area contributed by atoms with Crippen molar-refractivity contribution in [1.82, 2.24) is 19.9 Å². The van der Waals surface area contributed by atoms with Crippen LogP contribution in [0, 0.1) is 5.95 Å². The summed E-state index contributed by atoms with van der Waals surface area (Å²) in [4.78, 5) is 16.8. The van der Waals surface area contributed by atoms with Gasteiger partial charge in [-0.3, -0.25) is 9.71 Å². The van der Waals surface area contributed by atoms with Crippen LogP contribution in [0.15, 0.2) is 90.5 Å². The molecule has 3 heterocycles.